The van der Waals surface area contributed by atoms with E-state index in [1.165, 1.54) is 17.0 Å². The van der Waals surface area contributed by atoms with Gasteiger partial charge >= 0.3 is 6.09 Å². The predicted molar refractivity (Wildman–Crippen MR) is 131 cm³/mol. The van der Waals surface area contributed by atoms with E-state index in [0.29, 0.717) is 32.5 Å². The molecule has 0 saturated heterocycles. The van der Waals surface area contributed by atoms with Crippen molar-refractivity contribution >= 4 is 22.8 Å². The summed E-state index contributed by atoms with van der Waals surface area (Å²) in [5, 5.41) is 20.6. The first-order chi connectivity index (χ1) is 16.2. The normalized spacial score (nSPS) is 15.4. The predicted octanol–water partition coefficient (Wildman–Crippen LogP) is 4.38. The van der Waals surface area contributed by atoms with Crippen molar-refractivity contribution < 1.29 is 19.4 Å². The van der Waals surface area contributed by atoms with E-state index in [2.05, 4.69) is 25.8 Å². The Labute approximate surface area is 199 Å². The van der Waals surface area contributed by atoms with Gasteiger partial charge in [-0.2, -0.15) is 0 Å². The number of imidazole rings is 1. The second kappa shape index (κ2) is 9.62. The molecule has 2 unspecified atom stereocenters. The molecule has 1 aliphatic rings. The summed E-state index contributed by atoms with van der Waals surface area (Å²) in [5.41, 5.74) is 3.49. The summed E-state index contributed by atoms with van der Waals surface area (Å²) in [5.74, 6) is -0.274. The Morgan fingerprint density at radius 1 is 1.18 bits per heavy atom. The molecule has 0 aliphatic carbocycles. The standard InChI is InChI=1S/C26H33FN4O3/c1-26(2,3)13-20(14-30-17-28-22-6-4-5-7-24(22)30)31(25(33)34)21(16-32)15-29-11-10-18-12-19(27)8-9-23(18)29/h4-9,12,17,20-21,32H,10-11,13-16H2,1-3H3,(H,33,34). The smallest absolute Gasteiger partial charge is 0.408 e. The summed E-state index contributed by atoms with van der Waals surface area (Å²) < 4.78 is 15.6. The summed E-state index contributed by atoms with van der Waals surface area (Å²) in [6, 6.07) is 11.5. The van der Waals surface area contributed by atoms with E-state index in [-0.39, 0.29) is 23.9 Å². The summed E-state index contributed by atoms with van der Waals surface area (Å²) >= 11 is 0. The maximum atomic E-state index is 13.7. The van der Waals surface area contributed by atoms with Gasteiger partial charge in [-0.15, -0.1) is 0 Å². The van der Waals surface area contributed by atoms with Crippen LogP contribution in [-0.4, -0.2) is 62.5 Å². The van der Waals surface area contributed by atoms with Crippen LogP contribution in [0.4, 0.5) is 14.9 Å². The Morgan fingerprint density at radius 3 is 2.65 bits per heavy atom. The first-order valence-electron chi connectivity index (χ1n) is 11.7. The summed E-state index contributed by atoms with van der Waals surface area (Å²) in [4.78, 5) is 20.5. The quantitative estimate of drug-likeness (QED) is 0.513. The fourth-order valence-electron chi connectivity index (χ4n) is 5.07. The van der Waals surface area contributed by atoms with Gasteiger partial charge in [0.1, 0.15) is 5.82 Å². The Bertz CT molecular complexity index is 1160. The monoisotopic (exact) mass is 468 g/mol. The SMILES string of the molecule is CC(C)(C)CC(Cn1cnc2ccccc21)N(C(=O)O)C(CO)CN1CCc2cc(F)ccc21. The molecule has 8 heteroatoms. The van der Waals surface area contributed by atoms with Gasteiger partial charge in [0, 0.05) is 25.3 Å². The van der Waals surface area contributed by atoms with Crippen molar-refractivity contribution in [2.75, 3.05) is 24.6 Å². The third-order valence-corrected chi connectivity index (χ3v) is 6.47. The summed E-state index contributed by atoms with van der Waals surface area (Å²) in [7, 11) is 0. The minimum absolute atomic E-state index is 0.132. The molecule has 2 aromatic carbocycles. The van der Waals surface area contributed by atoms with Crippen molar-refractivity contribution in [2.45, 2.75) is 52.2 Å². The number of aliphatic hydroxyl groups is 1. The molecule has 4 rings (SSSR count). The summed E-state index contributed by atoms with van der Waals surface area (Å²) in [6.45, 7) is 7.40. The molecule has 0 radical (unpaired) electrons. The number of nitrogens with zero attached hydrogens (tertiary/aromatic N) is 4. The molecule has 7 nitrogen and oxygen atoms in total. The second-order valence-electron chi connectivity index (χ2n) is 10.3. The Balaban J connectivity index is 1.63. The molecule has 3 aromatic rings. The van der Waals surface area contributed by atoms with Crippen LogP contribution in [0, 0.1) is 11.2 Å². The van der Waals surface area contributed by atoms with E-state index in [1.54, 1.807) is 12.4 Å². The van der Waals surface area contributed by atoms with Crippen LogP contribution in [0.25, 0.3) is 11.0 Å². The lowest BCUT2D eigenvalue weighted by Crippen LogP contribution is -2.55. The lowest BCUT2D eigenvalue weighted by Gasteiger charge is -2.40. The zero-order valence-corrected chi connectivity index (χ0v) is 20.0. The molecule has 1 aliphatic heterocycles. The van der Waals surface area contributed by atoms with E-state index in [1.807, 2.05) is 33.7 Å². The van der Waals surface area contributed by atoms with E-state index in [4.69, 9.17) is 0 Å². The third-order valence-electron chi connectivity index (χ3n) is 6.47. The minimum Gasteiger partial charge on any atom is -0.465 e. The fourth-order valence-corrected chi connectivity index (χ4v) is 5.07. The van der Waals surface area contributed by atoms with Crippen LogP contribution in [0.5, 0.6) is 0 Å². The number of hydrogen-bond acceptors (Lipinski definition) is 4. The van der Waals surface area contributed by atoms with Gasteiger partial charge in [-0.05, 0) is 54.2 Å². The van der Waals surface area contributed by atoms with Crippen LogP contribution in [0.15, 0.2) is 48.8 Å². The number of hydrogen-bond donors (Lipinski definition) is 2. The van der Waals surface area contributed by atoms with Gasteiger partial charge in [0.25, 0.3) is 0 Å². The van der Waals surface area contributed by atoms with Gasteiger partial charge in [0.05, 0.1) is 36.1 Å². The molecule has 0 saturated carbocycles. The minimum atomic E-state index is -1.06. The highest BCUT2D eigenvalue weighted by atomic mass is 19.1. The van der Waals surface area contributed by atoms with Crippen molar-refractivity contribution in [2.24, 2.45) is 5.41 Å². The highest BCUT2D eigenvalue weighted by Gasteiger charge is 2.35. The topological polar surface area (TPSA) is 81.8 Å². The number of aromatic nitrogens is 2. The Morgan fingerprint density at radius 2 is 1.94 bits per heavy atom. The van der Waals surface area contributed by atoms with Crippen molar-refractivity contribution in [3.63, 3.8) is 0 Å². The van der Waals surface area contributed by atoms with Gasteiger partial charge in [-0.3, -0.25) is 4.90 Å². The van der Waals surface area contributed by atoms with Crippen molar-refractivity contribution in [1.29, 1.82) is 0 Å². The number of para-hydroxylation sites is 2. The Kier molecular flexibility index (Phi) is 6.79. The Hall–Kier alpha value is -3.13. The van der Waals surface area contributed by atoms with E-state index in [0.717, 1.165) is 22.3 Å². The number of aliphatic hydroxyl groups excluding tert-OH is 1. The maximum Gasteiger partial charge on any atom is 0.408 e. The zero-order chi connectivity index (χ0) is 24.5. The number of carboxylic acid groups (broad SMARTS) is 1. The molecule has 0 fully saturated rings. The lowest BCUT2D eigenvalue weighted by atomic mass is 9.87. The number of amides is 1. The number of benzene rings is 2. The number of fused-ring (bicyclic) bond motifs is 2. The molecule has 34 heavy (non-hydrogen) atoms. The maximum absolute atomic E-state index is 13.7. The number of halogens is 1. The van der Waals surface area contributed by atoms with E-state index >= 15 is 0 Å². The van der Waals surface area contributed by atoms with Crippen molar-refractivity contribution in [1.82, 2.24) is 14.5 Å². The first kappa shape index (κ1) is 24.0. The van der Waals surface area contributed by atoms with E-state index in [9.17, 15) is 19.4 Å². The molecular weight excluding hydrogens is 435 g/mol. The fraction of sp³-hybridized carbons (Fsp3) is 0.462. The van der Waals surface area contributed by atoms with Crippen LogP contribution >= 0.6 is 0 Å². The molecular formula is C26H33FN4O3. The van der Waals surface area contributed by atoms with Gasteiger partial charge in [-0.25, -0.2) is 14.2 Å². The van der Waals surface area contributed by atoms with Crippen LogP contribution in [0.1, 0.15) is 32.8 Å². The number of rotatable bonds is 8. The largest absolute Gasteiger partial charge is 0.465 e. The first-order valence-corrected chi connectivity index (χ1v) is 11.7. The van der Waals surface area contributed by atoms with Crippen LogP contribution in [0.2, 0.25) is 0 Å². The van der Waals surface area contributed by atoms with Gasteiger partial charge in [0.2, 0.25) is 0 Å². The molecule has 0 bridgehead atoms. The summed E-state index contributed by atoms with van der Waals surface area (Å²) in [6.07, 6.45) is 2.00. The molecule has 2 heterocycles. The molecule has 2 atom stereocenters. The van der Waals surface area contributed by atoms with Crippen molar-refractivity contribution in [3.05, 3.63) is 60.2 Å². The lowest BCUT2D eigenvalue weighted by molar-refractivity contribution is 0.0549. The van der Waals surface area contributed by atoms with Crippen LogP contribution in [-0.2, 0) is 13.0 Å². The third kappa shape index (κ3) is 5.17. The number of anilines is 1. The highest BCUT2D eigenvalue weighted by Crippen LogP contribution is 2.31. The van der Waals surface area contributed by atoms with Crippen LogP contribution in [0.3, 0.4) is 0 Å². The molecule has 2 N–H and O–H groups in total. The molecule has 0 spiro atoms. The second-order valence-corrected chi connectivity index (χ2v) is 10.3. The molecule has 1 amide bonds. The molecule has 182 valence electrons. The average molecular weight is 469 g/mol. The number of carbonyl (C=O) groups is 1. The molecule has 1 aromatic heterocycles. The highest BCUT2D eigenvalue weighted by molar-refractivity contribution is 5.75. The van der Waals surface area contributed by atoms with Crippen molar-refractivity contribution in [3.8, 4) is 0 Å². The van der Waals surface area contributed by atoms with Gasteiger partial charge in [-0.1, -0.05) is 32.9 Å². The van der Waals surface area contributed by atoms with Gasteiger partial charge < -0.3 is 19.7 Å². The average Bonchev–Trinajstić information content (AvgIpc) is 3.35. The van der Waals surface area contributed by atoms with E-state index < -0.39 is 12.1 Å². The van der Waals surface area contributed by atoms with Crippen LogP contribution < -0.4 is 4.90 Å². The van der Waals surface area contributed by atoms with Gasteiger partial charge in [0.15, 0.2) is 0 Å². The zero-order valence-electron chi connectivity index (χ0n) is 20.0.